The Morgan fingerprint density at radius 2 is 1.90 bits per heavy atom. The van der Waals surface area contributed by atoms with Crippen LogP contribution in [0.15, 0.2) is 54.7 Å². The Bertz CT molecular complexity index is 1050. The molecule has 5 atom stereocenters. The van der Waals surface area contributed by atoms with Gasteiger partial charge in [-0.15, -0.1) is 0 Å². The number of carbonyl (C=O) groups is 1. The molecule has 2 aliphatic carbocycles. The third-order valence-corrected chi connectivity index (χ3v) is 7.14. The van der Waals surface area contributed by atoms with E-state index in [1.165, 1.54) is 6.07 Å². The van der Waals surface area contributed by atoms with Gasteiger partial charge in [-0.3, -0.25) is 4.79 Å². The van der Waals surface area contributed by atoms with E-state index in [4.69, 9.17) is 11.6 Å². The summed E-state index contributed by atoms with van der Waals surface area (Å²) in [6, 6.07) is 14.7. The SMILES string of the molecule is CCC(NC(=O)c1ccc(Cl)cc1)[C@H]1[C@@H]2C[C@@H](n3ccc4cc(F)ccc43)C[C@@H]21. The normalized spacial score (nSPS) is 26.3. The van der Waals surface area contributed by atoms with E-state index in [2.05, 4.69) is 23.0 Å². The largest absolute Gasteiger partial charge is 0.349 e. The minimum absolute atomic E-state index is 0.0199. The molecule has 0 spiro atoms. The van der Waals surface area contributed by atoms with Crippen LogP contribution in [-0.4, -0.2) is 16.5 Å². The molecule has 1 unspecified atom stereocenters. The lowest BCUT2D eigenvalue weighted by Gasteiger charge is -2.23. The van der Waals surface area contributed by atoms with Crippen LogP contribution in [0.3, 0.4) is 0 Å². The van der Waals surface area contributed by atoms with Gasteiger partial charge >= 0.3 is 0 Å². The summed E-state index contributed by atoms with van der Waals surface area (Å²) in [5.41, 5.74) is 1.76. The van der Waals surface area contributed by atoms with Crippen molar-refractivity contribution in [3.8, 4) is 0 Å². The van der Waals surface area contributed by atoms with E-state index in [-0.39, 0.29) is 17.8 Å². The predicted octanol–water partition coefficient (Wildman–Crippen LogP) is 5.84. The standard InChI is InChI=1S/C24H24ClFN2O/c1-2-21(27-24(29)14-3-5-16(25)6-4-14)23-19-12-18(13-20(19)23)28-10-9-15-11-17(26)7-8-22(15)28/h3-11,18-21,23H,2,12-13H2,1H3,(H,27,29)/t18-,19-,20+,21?,23+. The van der Waals surface area contributed by atoms with E-state index < -0.39 is 0 Å². The van der Waals surface area contributed by atoms with E-state index >= 15 is 0 Å². The Labute approximate surface area is 174 Å². The number of amides is 1. The number of benzene rings is 2. The van der Waals surface area contributed by atoms with Gasteiger partial charge in [-0.2, -0.15) is 0 Å². The fourth-order valence-electron chi connectivity index (χ4n) is 5.46. The lowest BCUT2D eigenvalue weighted by molar-refractivity contribution is 0.0927. The summed E-state index contributed by atoms with van der Waals surface area (Å²) in [4.78, 5) is 12.6. The molecule has 0 bridgehead atoms. The lowest BCUT2D eigenvalue weighted by Crippen LogP contribution is -2.37. The van der Waals surface area contributed by atoms with E-state index in [0.29, 0.717) is 34.4 Å². The highest BCUT2D eigenvalue weighted by Gasteiger charge is 2.58. The minimum Gasteiger partial charge on any atom is -0.349 e. The molecule has 0 saturated heterocycles. The van der Waals surface area contributed by atoms with Gasteiger partial charge in [0.2, 0.25) is 0 Å². The number of nitrogens with one attached hydrogen (secondary N) is 1. The molecule has 0 radical (unpaired) electrons. The van der Waals surface area contributed by atoms with Crippen molar-refractivity contribution >= 4 is 28.4 Å². The monoisotopic (exact) mass is 410 g/mol. The van der Waals surface area contributed by atoms with Crippen molar-refractivity contribution in [3.05, 3.63) is 71.1 Å². The van der Waals surface area contributed by atoms with Crippen LogP contribution in [-0.2, 0) is 0 Å². The third-order valence-electron chi connectivity index (χ3n) is 6.89. The summed E-state index contributed by atoms with van der Waals surface area (Å²) in [5, 5.41) is 4.85. The molecule has 1 aromatic heterocycles. The average Bonchev–Trinajstić information content (AvgIpc) is 3.06. The Kier molecular flexibility index (Phi) is 4.62. The van der Waals surface area contributed by atoms with E-state index in [9.17, 15) is 9.18 Å². The Balaban J connectivity index is 1.25. The first-order valence-corrected chi connectivity index (χ1v) is 10.8. The molecule has 1 N–H and O–H groups in total. The van der Waals surface area contributed by atoms with Gasteiger partial charge in [-0.05, 0) is 85.5 Å². The minimum atomic E-state index is -0.188. The number of halogens is 2. The van der Waals surface area contributed by atoms with Crippen molar-refractivity contribution in [2.75, 3.05) is 0 Å². The summed E-state index contributed by atoms with van der Waals surface area (Å²) >= 11 is 5.92. The summed E-state index contributed by atoms with van der Waals surface area (Å²) in [6.07, 6.45) is 5.29. The fourth-order valence-corrected chi connectivity index (χ4v) is 5.59. The van der Waals surface area contributed by atoms with Gasteiger partial charge in [0.1, 0.15) is 5.82 Å². The quantitative estimate of drug-likeness (QED) is 0.563. The second-order valence-electron chi connectivity index (χ2n) is 8.45. The second-order valence-corrected chi connectivity index (χ2v) is 8.89. The lowest BCUT2D eigenvalue weighted by atomic mass is 9.99. The Morgan fingerprint density at radius 3 is 2.59 bits per heavy atom. The molecule has 5 rings (SSSR count). The van der Waals surface area contributed by atoms with Crippen LogP contribution in [0.1, 0.15) is 42.6 Å². The molecular weight excluding hydrogens is 387 g/mol. The molecule has 1 heterocycles. The van der Waals surface area contributed by atoms with Gasteiger partial charge in [-0.25, -0.2) is 4.39 Å². The first-order chi connectivity index (χ1) is 14.0. The Morgan fingerprint density at radius 1 is 1.17 bits per heavy atom. The maximum absolute atomic E-state index is 13.5. The van der Waals surface area contributed by atoms with Crippen molar-refractivity contribution in [3.63, 3.8) is 0 Å². The summed E-state index contributed by atoms with van der Waals surface area (Å²) in [5.74, 6) is 1.67. The molecule has 2 fully saturated rings. The van der Waals surface area contributed by atoms with Crippen molar-refractivity contribution in [1.29, 1.82) is 0 Å². The first kappa shape index (κ1) is 18.7. The molecule has 1 amide bonds. The van der Waals surface area contributed by atoms with Gasteiger partial charge in [0.25, 0.3) is 5.91 Å². The molecule has 2 saturated carbocycles. The van der Waals surface area contributed by atoms with Gasteiger partial charge in [-0.1, -0.05) is 18.5 Å². The molecule has 3 nitrogen and oxygen atoms in total. The molecule has 2 aliphatic rings. The number of aromatic nitrogens is 1. The van der Waals surface area contributed by atoms with Crippen molar-refractivity contribution in [2.24, 2.45) is 17.8 Å². The topological polar surface area (TPSA) is 34.0 Å². The van der Waals surface area contributed by atoms with Crippen molar-refractivity contribution in [2.45, 2.75) is 38.3 Å². The molecule has 150 valence electrons. The highest BCUT2D eigenvalue weighted by molar-refractivity contribution is 6.30. The van der Waals surface area contributed by atoms with Crippen LogP contribution in [0, 0.1) is 23.6 Å². The predicted molar refractivity (Wildman–Crippen MR) is 114 cm³/mol. The number of rotatable bonds is 5. The Hall–Kier alpha value is -2.33. The maximum atomic E-state index is 13.5. The number of nitrogens with zero attached hydrogens (tertiary/aromatic N) is 1. The van der Waals surface area contributed by atoms with Gasteiger partial charge in [0.05, 0.1) is 0 Å². The summed E-state index contributed by atoms with van der Waals surface area (Å²) in [7, 11) is 0. The second kappa shape index (κ2) is 7.17. The average molecular weight is 411 g/mol. The zero-order chi connectivity index (χ0) is 20.1. The van der Waals surface area contributed by atoms with Gasteiger partial charge in [0.15, 0.2) is 0 Å². The van der Waals surface area contributed by atoms with Crippen molar-refractivity contribution in [1.82, 2.24) is 9.88 Å². The van der Waals surface area contributed by atoms with E-state index in [1.54, 1.807) is 30.3 Å². The highest BCUT2D eigenvalue weighted by atomic mass is 35.5. The number of fused-ring (bicyclic) bond motifs is 2. The maximum Gasteiger partial charge on any atom is 0.251 e. The molecule has 5 heteroatoms. The van der Waals surface area contributed by atoms with Crippen molar-refractivity contribution < 1.29 is 9.18 Å². The van der Waals surface area contributed by atoms with Gasteiger partial charge < -0.3 is 9.88 Å². The first-order valence-electron chi connectivity index (χ1n) is 10.4. The zero-order valence-electron chi connectivity index (χ0n) is 16.3. The number of hydrogen-bond donors (Lipinski definition) is 1. The fraction of sp³-hybridized carbons (Fsp3) is 0.375. The van der Waals surface area contributed by atoms with Gasteiger partial charge in [0, 0.05) is 39.8 Å². The van der Waals surface area contributed by atoms with E-state index in [1.807, 2.05) is 12.1 Å². The highest BCUT2D eigenvalue weighted by Crippen LogP contribution is 2.62. The van der Waals surface area contributed by atoms with Crippen LogP contribution < -0.4 is 5.32 Å². The number of hydrogen-bond acceptors (Lipinski definition) is 1. The van der Waals surface area contributed by atoms with E-state index in [0.717, 1.165) is 30.2 Å². The van der Waals surface area contributed by atoms with Crippen LogP contribution in [0.4, 0.5) is 4.39 Å². The van der Waals surface area contributed by atoms with Crippen LogP contribution in [0.5, 0.6) is 0 Å². The smallest absolute Gasteiger partial charge is 0.251 e. The third kappa shape index (κ3) is 3.33. The molecule has 2 aromatic carbocycles. The summed E-state index contributed by atoms with van der Waals surface area (Å²) < 4.78 is 15.8. The number of carbonyl (C=O) groups excluding carboxylic acids is 1. The van der Waals surface area contributed by atoms with Crippen LogP contribution in [0.2, 0.25) is 5.02 Å². The molecule has 0 aliphatic heterocycles. The van der Waals surface area contributed by atoms with Crippen LogP contribution >= 0.6 is 11.6 Å². The molecule has 29 heavy (non-hydrogen) atoms. The molecule has 3 aromatic rings. The molecular formula is C24H24ClFN2O. The van der Waals surface area contributed by atoms with Crippen LogP contribution in [0.25, 0.3) is 10.9 Å². The zero-order valence-corrected chi connectivity index (χ0v) is 17.1. The summed E-state index contributed by atoms with van der Waals surface area (Å²) in [6.45, 7) is 2.15.